The average Bonchev–Trinajstić information content (AvgIpc) is 3.13. The van der Waals surface area contributed by atoms with Crippen molar-refractivity contribution < 1.29 is 24.5 Å². The van der Waals surface area contributed by atoms with Crippen LogP contribution in [0.3, 0.4) is 0 Å². The van der Waals surface area contributed by atoms with E-state index in [0.717, 1.165) is 51.4 Å². The first kappa shape index (κ1) is 48.8. The standard InChI is InChI=1S/C45H81NO5/c1-3-5-7-9-11-13-18-23-27-31-35-39-45(50)51-40-36-32-28-24-20-17-15-16-19-22-26-30-34-38-44(49)46-42(41-47)43(48)37-33-29-25-21-14-12-10-8-6-4-2/h9,11,16,19,26,30,33,37,42-43,47-48H,3-8,10,12-15,17-18,20-25,27-29,31-32,34-36,38-41H2,1-2H3,(H,46,49)/b11-9-,19-16-,30-26-,37-33+. The Kier molecular flexibility index (Phi) is 38.9. The highest BCUT2D eigenvalue weighted by Crippen LogP contribution is 2.12. The van der Waals surface area contributed by atoms with Crippen molar-refractivity contribution in [3.8, 4) is 0 Å². The minimum absolute atomic E-state index is 0.0315. The summed E-state index contributed by atoms with van der Waals surface area (Å²) in [5, 5.41) is 22.8. The molecule has 0 aromatic heterocycles. The lowest BCUT2D eigenvalue weighted by Gasteiger charge is -2.19. The van der Waals surface area contributed by atoms with Crippen LogP contribution < -0.4 is 5.32 Å². The third-order valence-electron chi connectivity index (χ3n) is 9.33. The maximum Gasteiger partial charge on any atom is 0.305 e. The molecular weight excluding hydrogens is 634 g/mol. The third-order valence-corrected chi connectivity index (χ3v) is 9.33. The fourth-order valence-corrected chi connectivity index (χ4v) is 5.95. The average molecular weight is 716 g/mol. The summed E-state index contributed by atoms with van der Waals surface area (Å²) in [6.07, 6.45) is 48.2. The number of allylic oxidation sites excluding steroid dienone is 7. The van der Waals surface area contributed by atoms with Gasteiger partial charge in [-0.3, -0.25) is 9.59 Å². The first-order chi connectivity index (χ1) is 25.0. The summed E-state index contributed by atoms with van der Waals surface area (Å²) in [6.45, 7) is 4.74. The molecule has 0 saturated heterocycles. The van der Waals surface area contributed by atoms with Crippen LogP contribution in [0.1, 0.15) is 200 Å². The summed E-state index contributed by atoms with van der Waals surface area (Å²) >= 11 is 0. The largest absolute Gasteiger partial charge is 0.466 e. The van der Waals surface area contributed by atoms with Gasteiger partial charge < -0.3 is 20.3 Å². The molecule has 0 rings (SSSR count). The molecule has 6 nitrogen and oxygen atoms in total. The molecule has 0 bridgehead atoms. The fraction of sp³-hybridized carbons (Fsp3) is 0.778. The molecule has 0 fully saturated rings. The molecule has 0 aliphatic heterocycles. The molecule has 0 spiro atoms. The lowest BCUT2D eigenvalue weighted by Crippen LogP contribution is -2.45. The van der Waals surface area contributed by atoms with E-state index in [1.807, 2.05) is 12.2 Å². The third kappa shape index (κ3) is 37.4. The zero-order valence-corrected chi connectivity index (χ0v) is 33.3. The van der Waals surface area contributed by atoms with Crippen LogP contribution >= 0.6 is 0 Å². The first-order valence-electron chi connectivity index (χ1n) is 21.4. The maximum atomic E-state index is 12.3. The second kappa shape index (κ2) is 40.6. The van der Waals surface area contributed by atoms with Gasteiger partial charge in [-0.25, -0.2) is 0 Å². The van der Waals surface area contributed by atoms with Gasteiger partial charge in [-0.05, 0) is 70.6 Å². The molecule has 0 aromatic carbocycles. The summed E-state index contributed by atoms with van der Waals surface area (Å²) in [5.74, 6) is -0.185. The molecule has 0 aliphatic carbocycles. The number of unbranched alkanes of at least 4 members (excludes halogenated alkanes) is 21. The van der Waals surface area contributed by atoms with Gasteiger partial charge in [0.2, 0.25) is 5.91 Å². The number of carbonyl (C=O) groups is 2. The van der Waals surface area contributed by atoms with Gasteiger partial charge in [0, 0.05) is 12.8 Å². The predicted octanol–water partition coefficient (Wildman–Crippen LogP) is 11.9. The number of rotatable bonds is 38. The van der Waals surface area contributed by atoms with E-state index >= 15 is 0 Å². The van der Waals surface area contributed by atoms with E-state index in [4.69, 9.17) is 4.74 Å². The lowest BCUT2D eigenvalue weighted by atomic mass is 10.1. The quantitative estimate of drug-likeness (QED) is 0.0336. The molecule has 0 heterocycles. The Labute approximate surface area is 315 Å². The second-order valence-corrected chi connectivity index (χ2v) is 14.3. The van der Waals surface area contributed by atoms with Crippen molar-refractivity contribution in [3.05, 3.63) is 48.6 Å². The van der Waals surface area contributed by atoms with Crippen molar-refractivity contribution in [2.75, 3.05) is 13.2 Å². The van der Waals surface area contributed by atoms with Crippen LogP contribution in [0, 0.1) is 0 Å². The molecule has 296 valence electrons. The first-order valence-corrected chi connectivity index (χ1v) is 21.4. The van der Waals surface area contributed by atoms with Gasteiger partial charge in [0.15, 0.2) is 0 Å². The number of aliphatic hydroxyl groups is 2. The zero-order valence-electron chi connectivity index (χ0n) is 33.3. The van der Waals surface area contributed by atoms with Crippen molar-refractivity contribution in [2.45, 2.75) is 212 Å². The van der Waals surface area contributed by atoms with Gasteiger partial charge >= 0.3 is 5.97 Å². The molecule has 0 aliphatic rings. The van der Waals surface area contributed by atoms with Crippen LogP contribution in [0.5, 0.6) is 0 Å². The van der Waals surface area contributed by atoms with Gasteiger partial charge in [-0.1, -0.05) is 165 Å². The Balaban J connectivity index is 3.62. The number of nitrogens with one attached hydrogen (secondary N) is 1. The van der Waals surface area contributed by atoms with E-state index in [1.54, 1.807) is 6.08 Å². The summed E-state index contributed by atoms with van der Waals surface area (Å²) in [6, 6.07) is -0.670. The molecule has 6 heteroatoms. The van der Waals surface area contributed by atoms with Gasteiger partial charge in [-0.2, -0.15) is 0 Å². The Morgan fingerprint density at radius 2 is 1.02 bits per heavy atom. The van der Waals surface area contributed by atoms with E-state index < -0.39 is 12.1 Å². The SMILES string of the molecule is CCCC/C=C\CCCCCCCC(=O)OCCCCCCCC/C=C\C/C=C\CCC(=O)NC(CO)C(O)/C=C/CCCCCCCCCC. The molecule has 0 saturated carbocycles. The fourth-order valence-electron chi connectivity index (χ4n) is 5.95. The monoisotopic (exact) mass is 716 g/mol. The minimum atomic E-state index is -0.877. The number of hydrogen-bond acceptors (Lipinski definition) is 5. The molecule has 0 radical (unpaired) electrons. The summed E-state index contributed by atoms with van der Waals surface area (Å²) < 4.78 is 5.41. The van der Waals surface area contributed by atoms with E-state index in [1.165, 1.54) is 116 Å². The number of carbonyl (C=O) groups excluding carboxylic acids is 2. The number of esters is 1. The molecule has 3 N–H and O–H groups in total. The van der Waals surface area contributed by atoms with Gasteiger partial charge in [0.1, 0.15) is 0 Å². The zero-order chi connectivity index (χ0) is 37.3. The van der Waals surface area contributed by atoms with Crippen LogP contribution in [0.4, 0.5) is 0 Å². The molecular formula is C45H81NO5. The normalized spacial score (nSPS) is 13.3. The van der Waals surface area contributed by atoms with Crippen LogP contribution in [-0.2, 0) is 14.3 Å². The molecule has 2 atom stereocenters. The van der Waals surface area contributed by atoms with Gasteiger partial charge in [0.25, 0.3) is 0 Å². The highest BCUT2D eigenvalue weighted by Gasteiger charge is 2.17. The highest BCUT2D eigenvalue weighted by molar-refractivity contribution is 5.76. The van der Waals surface area contributed by atoms with Crippen molar-refractivity contribution >= 4 is 11.9 Å². The smallest absolute Gasteiger partial charge is 0.305 e. The van der Waals surface area contributed by atoms with E-state index in [2.05, 4.69) is 49.5 Å². The number of amides is 1. The summed E-state index contributed by atoms with van der Waals surface area (Å²) in [7, 11) is 0. The van der Waals surface area contributed by atoms with E-state index in [-0.39, 0.29) is 18.5 Å². The molecule has 51 heavy (non-hydrogen) atoms. The number of hydrogen-bond donors (Lipinski definition) is 3. The molecule has 2 unspecified atom stereocenters. The Morgan fingerprint density at radius 1 is 0.549 bits per heavy atom. The van der Waals surface area contributed by atoms with Crippen LogP contribution in [0.2, 0.25) is 0 Å². The Morgan fingerprint density at radius 3 is 1.61 bits per heavy atom. The van der Waals surface area contributed by atoms with Gasteiger partial charge in [-0.15, -0.1) is 0 Å². The van der Waals surface area contributed by atoms with Crippen molar-refractivity contribution in [2.24, 2.45) is 0 Å². The topological polar surface area (TPSA) is 95.9 Å². The van der Waals surface area contributed by atoms with E-state index in [9.17, 15) is 19.8 Å². The van der Waals surface area contributed by atoms with Crippen LogP contribution in [0.25, 0.3) is 0 Å². The lowest BCUT2D eigenvalue weighted by molar-refractivity contribution is -0.143. The Bertz CT molecular complexity index is 880. The number of aliphatic hydroxyl groups excluding tert-OH is 2. The predicted molar refractivity (Wildman–Crippen MR) is 218 cm³/mol. The number of ether oxygens (including phenoxy) is 1. The molecule has 0 aromatic rings. The maximum absolute atomic E-state index is 12.3. The van der Waals surface area contributed by atoms with Crippen molar-refractivity contribution in [1.82, 2.24) is 5.32 Å². The van der Waals surface area contributed by atoms with Crippen LogP contribution in [-0.4, -0.2) is 47.4 Å². The van der Waals surface area contributed by atoms with Gasteiger partial charge in [0.05, 0.1) is 25.4 Å². The summed E-state index contributed by atoms with van der Waals surface area (Å²) in [5.41, 5.74) is 0. The second-order valence-electron chi connectivity index (χ2n) is 14.3. The minimum Gasteiger partial charge on any atom is -0.466 e. The van der Waals surface area contributed by atoms with Crippen LogP contribution in [0.15, 0.2) is 48.6 Å². The van der Waals surface area contributed by atoms with E-state index in [0.29, 0.717) is 25.9 Å². The Hall–Kier alpha value is -2.18. The molecule has 1 amide bonds. The van der Waals surface area contributed by atoms with Crippen molar-refractivity contribution in [3.63, 3.8) is 0 Å². The summed E-state index contributed by atoms with van der Waals surface area (Å²) in [4.78, 5) is 24.2. The highest BCUT2D eigenvalue weighted by atomic mass is 16.5. The van der Waals surface area contributed by atoms with Crippen molar-refractivity contribution in [1.29, 1.82) is 0 Å².